The maximum atomic E-state index is 7.57. The van der Waals surface area contributed by atoms with Gasteiger partial charge in [0.2, 0.25) is 0 Å². The fraction of sp³-hybridized carbons (Fsp3) is 0.562. The van der Waals surface area contributed by atoms with Crippen molar-refractivity contribution in [1.29, 1.82) is 5.41 Å². The van der Waals surface area contributed by atoms with Gasteiger partial charge in [-0.2, -0.15) is 0 Å². The van der Waals surface area contributed by atoms with Gasteiger partial charge in [-0.25, -0.2) is 0 Å². The maximum absolute atomic E-state index is 7.57. The van der Waals surface area contributed by atoms with Gasteiger partial charge in [-0.15, -0.1) is 0 Å². The summed E-state index contributed by atoms with van der Waals surface area (Å²) >= 11 is 0. The van der Waals surface area contributed by atoms with Crippen LogP contribution in [0.2, 0.25) is 0 Å². The Kier molecular flexibility index (Phi) is 3.66. The van der Waals surface area contributed by atoms with E-state index in [1.807, 2.05) is 18.2 Å². The van der Waals surface area contributed by atoms with Crippen molar-refractivity contribution in [1.82, 2.24) is 4.90 Å². The molecule has 1 aromatic rings. The third-order valence-corrected chi connectivity index (χ3v) is 4.79. The Hall–Kier alpha value is -1.55. The first-order valence-electron chi connectivity index (χ1n) is 7.41. The molecule has 2 unspecified atom stereocenters. The highest BCUT2D eigenvalue weighted by atomic mass is 16.5. The minimum atomic E-state index is 0.118. The molecular weight excluding hydrogens is 250 g/mol. The lowest BCUT2D eigenvalue weighted by molar-refractivity contribution is 0.296. The van der Waals surface area contributed by atoms with Crippen LogP contribution in [0.5, 0.6) is 5.75 Å². The summed E-state index contributed by atoms with van der Waals surface area (Å²) in [5.74, 6) is 2.81. The lowest BCUT2D eigenvalue weighted by Gasteiger charge is -2.19. The van der Waals surface area contributed by atoms with E-state index < -0.39 is 0 Å². The average molecular weight is 273 g/mol. The summed E-state index contributed by atoms with van der Waals surface area (Å²) in [5, 5.41) is 7.57. The highest BCUT2D eigenvalue weighted by molar-refractivity contribution is 5.95. The Bertz CT molecular complexity index is 502. The number of nitrogens with one attached hydrogen (secondary N) is 1. The van der Waals surface area contributed by atoms with Crippen LogP contribution >= 0.6 is 0 Å². The van der Waals surface area contributed by atoms with E-state index in [2.05, 4.69) is 4.90 Å². The monoisotopic (exact) mass is 273 g/mol. The first-order valence-corrected chi connectivity index (χ1v) is 7.41. The van der Waals surface area contributed by atoms with Crippen molar-refractivity contribution in [2.45, 2.75) is 25.8 Å². The molecule has 0 radical (unpaired) electrons. The van der Waals surface area contributed by atoms with E-state index in [0.29, 0.717) is 0 Å². The topological polar surface area (TPSA) is 62.3 Å². The number of nitrogens with zero attached hydrogens (tertiary/aromatic N) is 1. The van der Waals surface area contributed by atoms with Crippen LogP contribution in [0.3, 0.4) is 0 Å². The zero-order valence-corrected chi connectivity index (χ0v) is 12.1. The molecule has 3 N–H and O–H groups in total. The highest BCUT2D eigenvalue weighted by Crippen LogP contribution is 2.38. The average Bonchev–Trinajstić information content (AvgIpc) is 2.99. The van der Waals surface area contributed by atoms with Crippen molar-refractivity contribution in [3.8, 4) is 5.75 Å². The number of benzene rings is 1. The van der Waals surface area contributed by atoms with Gasteiger partial charge in [0.25, 0.3) is 0 Å². The zero-order chi connectivity index (χ0) is 14.1. The largest absolute Gasteiger partial charge is 0.496 e. The van der Waals surface area contributed by atoms with Crippen LogP contribution in [0.4, 0.5) is 0 Å². The summed E-state index contributed by atoms with van der Waals surface area (Å²) in [6.07, 6.45) is 4.20. The molecule has 4 heteroatoms. The summed E-state index contributed by atoms with van der Waals surface area (Å²) < 4.78 is 5.45. The van der Waals surface area contributed by atoms with E-state index in [-0.39, 0.29) is 5.84 Å². The summed E-state index contributed by atoms with van der Waals surface area (Å²) in [7, 11) is 1.70. The van der Waals surface area contributed by atoms with Crippen LogP contribution < -0.4 is 10.5 Å². The van der Waals surface area contributed by atoms with Crippen molar-refractivity contribution in [3.05, 3.63) is 29.3 Å². The molecule has 4 nitrogen and oxygen atoms in total. The number of ether oxygens (including phenoxy) is 1. The molecule has 1 aliphatic heterocycles. The number of rotatable bonds is 4. The summed E-state index contributed by atoms with van der Waals surface area (Å²) in [5.41, 5.74) is 7.50. The normalized spacial score (nSPS) is 25.6. The Balaban J connectivity index is 1.76. The SMILES string of the molecule is COc1ccc(C(=N)N)cc1CN1CC2CCCC2C1. The van der Waals surface area contributed by atoms with Gasteiger partial charge in [0.05, 0.1) is 7.11 Å². The Morgan fingerprint density at radius 2 is 2.05 bits per heavy atom. The lowest BCUT2D eigenvalue weighted by atomic mass is 10.0. The lowest BCUT2D eigenvalue weighted by Crippen LogP contribution is -2.22. The van der Waals surface area contributed by atoms with Gasteiger partial charge in [0.15, 0.2) is 0 Å². The van der Waals surface area contributed by atoms with Gasteiger partial charge in [-0.1, -0.05) is 6.42 Å². The van der Waals surface area contributed by atoms with Crippen LogP contribution in [0.1, 0.15) is 30.4 Å². The number of amidine groups is 1. The summed E-state index contributed by atoms with van der Waals surface area (Å²) in [4.78, 5) is 2.52. The molecule has 1 heterocycles. The minimum Gasteiger partial charge on any atom is -0.496 e. The predicted octanol–water partition coefficient (Wildman–Crippen LogP) is 2.21. The Morgan fingerprint density at radius 3 is 2.65 bits per heavy atom. The van der Waals surface area contributed by atoms with Gasteiger partial charge in [-0.3, -0.25) is 10.3 Å². The number of nitrogen functional groups attached to an aromatic ring is 1. The molecular formula is C16H23N3O. The number of nitrogens with two attached hydrogens (primary N) is 1. The second-order valence-electron chi connectivity index (χ2n) is 6.09. The third-order valence-electron chi connectivity index (χ3n) is 4.79. The highest BCUT2D eigenvalue weighted by Gasteiger charge is 2.35. The molecule has 1 aliphatic carbocycles. The van der Waals surface area contributed by atoms with Gasteiger partial charge in [0, 0.05) is 30.8 Å². The molecule has 2 aliphatic rings. The first-order chi connectivity index (χ1) is 9.67. The van der Waals surface area contributed by atoms with E-state index in [0.717, 1.165) is 35.3 Å². The van der Waals surface area contributed by atoms with Crippen molar-refractivity contribution in [3.63, 3.8) is 0 Å². The van der Waals surface area contributed by atoms with Crippen LogP contribution in [0.15, 0.2) is 18.2 Å². The number of hydrogen-bond donors (Lipinski definition) is 2. The number of hydrogen-bond acceptors (Lipinski definition) is 3. The van der Waals surface area contributed by atoms with Crippen molar-refractivity contribution in [2.75, 3.05) is 20.2 Å². The number of methoxy groups -OCH3 is 1. The first kappa shape index (κ1) is 13.4. The van der Waals surface area contributed by atoms with Crippen molar-refractivity contribution in [2.24, 2.45) is 17.6 Å². The molecule has 2 fully saturated rings. The zero-order valence-electron chi connectivity index (χ0n) is 12.1. The molecule has 0 spiro atoms. The fourth-order valence-corrected chi connectivity index (χ4v) is 3.77. The van der Waals surface area contributed by atoms with E-state index in [1.54, 1.807) is 7.11 Å². The minimum absolute atomic E-state index is 0.118. The number of likely N-dealkylation sites (tertiary alicyclic amines) is 1. The van der Waals surface area contributed by atoms with Crippen LogP contribution in [-0.4, -0.2) is 30.9 Å². The second-order valence-corrected chi connectivity index (χ2v) is 6.09. The summed E-state index contributed by atoms with van der Waals surface area (Å²) in [6.45, 7) is 3.31. The van der Waals surface area contributed by atoms with Gasteiger partial charge in [0.1, 0.15) is 11.6 Å². The molecule has 1 aromatic carbocycles. The van der Waals surface area contributed by atoms with E-state index >= 15 is 0 Å². The van der Waals surface area contributed by atoms with Crippen molar-refractivity contribution >= 4 is 5.84 Å². The molecule has 0 bridgehead atoms. The Morgan fingerprint density at radius 1 is 1.35 bits per heavy atom. The van der Waals surface area contributed by atoms with E-state index in [1.165, 1.54) is 32.4 Å². The third kappa shape index (κ3) is 2.52. The molecule has 1 saturated carbocycles. The summed E-state index contributed by atoms with van der Waals surface area (Å²) in [6, 6.07) is 5.77. The standard InChI is InChI=1S/C16H23N3O/c1-20-15-6-5-11(16(17)18)7-14(15)10-19-8-12-3-2-4-13(12)9-19/h5-7,12-13H,2-4,8-10H2,1H3,(H3,17,18). The molecule has 3 rings (SSSR count). The number of fused-ring (bicyclic) bond motifs is 1. The fourth-order valence-electron chi connectivity index (χ4n) is 3.77. The van der Waals surface area contributed by atoms with E-state index in [4.69, 9.17) is 15.9 Å². The molecule has 1 saturated heterocycles. The van der Waals surface area contributed by atoms with E-state index in [9.17, 15) is 0 Å². The molecule has 0 amide bonds. The molecule has 20 heavy (non-hydrogen) atoms. The second kappa shape index (κ2) is 5.44. The van der Waals surface area contributed by atoms with Crippen LogP contribution in [0, 0.1) is 17.2 Å². The molecule has 108 valence electrons. The smallest absolute Gasteiger partial charge is 0.123 e. The van der Waals surface area contributed by atoms with Gasteiger partial charge < -0.3 is 10.5 Å². The quantitative estimate of drug-likeness (QED) is 0.653. The predicted molar refractivity (Wildman–Crippen MR) is 80.1 cm³/mol. The van der Waals surface area contributed by atoms with Gasteiger partial charge in [-0.05, 0) is 42.9 Å². The Labute approximate surface area is 120 Å². The van der Waals surface area contributed by atoms with Crippen LogP contribution in [-0.2, 0) is 6.54 Å². The van der Waals surface area contributed by atoms with Crippen LogP contribution in [0.25, 0.3) is 0 Å². The maximum Gasteiger partial charge on any atom is 0.123 e. The molecule has 2 atom stereocenters. The molecule has 0 aromatic heterocycles. The van der Waals surface area contributed by atoms with Crippen molar-refractivity contribution < 1.29 is 4.74 Å². The van der Waals surface area contributed by atoms with Gasteiger partial charge >= 0.3 is 0 Å².